The highest BCUT2D eigenvalue weighted by Crippen LogP contribution is 2.17. The fourth-order valence-electron chi connectivity index (χ4n) is 2.83. The predicted octanol–water partition coefficient (Wildman–Crippen LogP) is 3.12. The summed E-state index contributed by atoms with van der Waals surface area (Å²) in [7, 11) is 2.13. The van der Waals surface area contributed by atoms with Gasteiger partial charge in [-0.2, -0.15) is 24.5 Å². The van der Waals surface area contributed by atoms with Gasteiger partial charge in [-0.25, -0.2) is 9.78 Å². The molecule has 0 radical (unpaired) electrons. The van der Waals surface area contributed by atoms with E-state index in [1.807, 2.05) is 27.9 Å². The van der Waals surface area contributed by atoms with Crippen molar-refractivity contribution in [1.29, 1.82) is 0 Å². The monoisotopic (exact) mass is 446 g/mol. The minimum atomic E-state index is -5.08. The minimum absolute atomic E-state index is 0.137. The lowest BCUT2D eigenvalue weighted by Gasteiger charge is -2.22. The normalized spacial score (nSPS) is 14.2. The molecule has 1 aliphatic rings. The molecule has 0 aliphatic carbocycles. The smallest absolute Gasteiger partial charge is 0.475 e. The standard InChI is InChI=1S/C17H24N4OS.C2HF3O2/c1-13(2)19(3)11-15-10-18-16-4-6-20(7-8-21(15)16)17(22)14-5-9-23-12-14;3-2(4,5)1(6)7/h5,9-10,12-13H,4,6-8,11H2,1-3H3;(H,6,7). The molecule has 0 aromatic carbocycles. The third-order valence-electron chi connectivity index (χ3n) is 4.81. The van der Waals surface area contributed by atoms with Crippen molar-refractivity contribution in [3.8, 4) is 0 Å². The molecule has 0 atom stereocenters. The summed E-state index contributed by atoms with van der Waals surface area (Å²) in [6.07, 6.45) is -2.27. The number of imidazole rings is 1. The van der Waals surface area contributed by atoms with E-state index in [0.29, 0.717) is 6.04 Å². The zero-order chi connectivity index (χ0) is 22.5. The molecule has 0 bridgehead atoms. The lowest BCUT2D eigenvalue weighted by Crippen LogP contribution is -2.33. The molecule has 0 fully saturated rings. The molecule has 1 amide bonds. The Balaban J connectivity index is 0.000000396. The first-order valence-corrected chi connectivity index (χ1v) is 10.3. The zero-order valence-electron chi connectivity index (χ0n) is 17.0. The molecule has 0 saturated carbocycles. The first-order chi connectivity index (χ1) is 14.0. The van der Waals surface area contributed by atoms with Gasteiger partial charge in [0.1, 0.15) is 5.82 Å². The lowest BCUT2D eigenvalue weighted by molar-refractivity contribution is -0.192. The van der Waals surface area contributed by atoms with Crippen LogP contribution in [0.5, 0.6) is 0 Å². The van der Waals surface area contributed by atoms with Crippen LogP contribution < -0.4 is 0 Å². The van der Waals surface area contributed by atoms with E-state index in [-0.39, 0.29) is 5.91 Å². The Labute approximate surface area is 176 Å². The molecule has 0 unspecified atom stereocenters. The van der Waals surface area contributed by atoms with Crippen LogP contribution in [-0.4, -0.2) is 68.7 Å². The second-order valence-corrected chi connectivity index (χ2v) is 7.96. The Bertz CT molecular complexity index is 850. The molecule has 1 N–H and O–H groups in total. The van der Waals surface area contributed by atoms with Crippen LogP contribution in [0.15, 0.2) is 23.0 Å². The highest BCUT2D eigenvalue weighted by atomic mass is 32.1. The summed E-state index contributed by atoms with van der Waals surface area (Å²) in [5.74, 6) is -1.52. The van der Waals surface area contributed by atoms with Gasteiger partial charge in [0, 0.05) is 50.2 Å². The van der Waals surface area contributed by atoms with Crippen molar-refractivity contribution < 1.29 is 27.9 Å². The Morgan fingerprint density at radius 1 is 1.30 bits per heavy atom. The molecule has 2 aromatic rings. The number of fused-ring (bicyclic) bond motifs is 1. The third-order valence-corrected chi connectivity index (χ3v) is 5.49. The number of nitrogens with zero attached hydrogens (tertiary/aromatic N) is 4. The Hall–Kier alpha value is -2.40. The van der Waals surface area contributed by atoms with Gasteiger partial charge in [0.2, 0.25) is 0 Å². The summed E-state index contributed by atoms with van der Waals surface area (Å²) in [4.78, 5) is 30.3. The topological polar surface area (TPSA) is 78.7 Å². The van der Waals surface area contributed by atoms with Crippen molar-refractivity contribution in [1.82, 2.24) is 19.4 Å². The molecule has 7 nitrogen and oxygen atoms in total. The summed E-state index contributed by atoms with van der Waals surface area (Å²) >= 11 is 1.57. The van der Waals surface area contributed by atoms with Crippen molar-refractivity contribution in [2.45, 2.75) is 45.6 Å². The van der Waals surface area contributed by atoms with E-state index in [0.717, 1.165) is 44.0 Å². The van der Waals surface area contributed by atoms with E-state index in [1.54, 1.807) is 11.3 Å². The van der Waals surface area contributed by atoms with Gasteiger partial charge in [0.05, 0.1) is 11.3 Å². The highest BCUT2D eigenvalue weighted by Gasteiger charge is 2.38. The number of alkyl halides is 3. The minimum Gasteiger partial charge on any atom is -0.475 e. The maximum atomic E-state index is 12.5. The van der Waals surface area contributed by atoms with Crippen LogP contribution in [0.1, 0.15) is 35.7 Å². The number of carbonyl (C=O) groups excluding carboxylic acids is 1. The predicted molar refractivity (Wildman–Crippen MR) is 106 cm³/mol. The van der Waals surface area contributed by atoms with Gasteiger partial charge in [-0.3, -0.25) is 9.69 Å². The highest BCUT2D eigenvalue weighted by molar-refractivity contribution is 7.08. The third kappa shape index (κ3) is 6.30. The number of aliphatic carboxylic acids is 1. The summed E-state index contributed by atoms with van der Waals surface area (Å²) in [5, 5.41) is 11.0. The van der Waals surface area contributed by atoms with E-state index in [4.69, 9.17) is 9.90 Å². The van der Waals surface area contributed by atoms with Gasteiger partial charge in [-0.05, 0) is 32.3 Å². The van der Waals surface area contributed by atoms with Crippen LogP contribution in [0.2, 0.25) is 0 Å². The number of carbonyl (C=O) groups is 2. The SMILES string of the molecule is CC(C)N(C)Cc1cnc2n1CCN(C(=O)c1ccsc1)CC2.O=C(O)C(F)(F)F. The molecule has 0 spiro atoms. The quantitative estimate of drug-likeness (QED) is 0.781. The number of thiophene rings is 1. The molecule has 166 valence electrons. The van der Waals surface area contributed by atoms with Gasteiger partial charge in [0.25, 0.3) is 5.91 Å². The molecule has 30 heavy (non-hydrogen) atoms. The number of aromatic nitrogens is 2. The molecule has 3 rings (SSSR count). The zero-order valence-corrected chi connectivity index (χ0v) is 17.8. The number of carboxylic acid groups (broad SMARTS) is 1. The number of amides is 1. The largest absolute Gasteiger partial charge is 0.490 e. The number of halogens is 3. The summed E-state index contributed by atoms with van der Waals surface area (Å²) in [5.41, 5.74) is 2.04. The van der Waals surface area contributed by atoms with E-state index in [9.17, 15) is 18.0 Å². The summed E-state index contributed by atoms with van der Waals surface area (Å²) < 4.78 is 34.0. The second-order valence-electron chi connectivity index (χ2n) is 7.18. The van der Waals surface area contributed by atoms with Crippen molar-refractivity contribution in [3.05, 3.63) is 40.1 Å². The number of rotatable bonds is 4. The molecule has 2 aromatic heterocycles. The first-order valence-electron chi connectivity index (χ1n) is 9.35. The van der Waals surface area contributed by atoms with Crippen LogP contribution in [0.3, 0.4) is 0 Å². The Kier molecular flexibility index (Phi) is 8.02. The van der Waals surface area contributed by atoms with Gasteiger partial charge in [0.15, 0.2) is 0 Å². The molecule has 3 heterocycles. The van der Waals surface area contributed by atoms with Crippen molar-refractivity contribution >= 4 is 23.2 Å². The Morgan fingerprint density at radius 2 is 1.97 bits per heavy atom. The average molecular weight is 446 g/mol. The molecule has 11 heteroatoms. The van der Waals surface area contributed by atoms with Crippen molar-refractivity contribution in [3.63, 3.8) is 0 Å². The summed E-state index contributed by atoms with van der Waals surface area (Å²) in [6, 6.07) is 2.41. The second kappa shape index (κ2) is 10.1. The molecular weight excluding hydrogens is 421 g/mol. The fourth-order valence-corrected chi connectivity index (χ4v) is 3.46. The van der Waals surface area contributed by atoms with Crippen LogP contribution in [0.25, 0.3) is 0 Å². The maximum Gasteiger partial charge on any atom is 0.490 e. The molecule has 1 aliphatic heterocycles. The van der Waals surface area contributed by atoms with E-state index >= 15 is 0 Å². The molecule has 0 saturated heterocycles. The van der Waals surface area contributed by atoms with Crippen LogP contribution in [0.4, 0.5) is 13.2 Å². The fraction of sp³-hybridized carbons (Fsp3) is 0.526. The van der Waals surface area contributed by atoms with Crippen LogP contribution in [0, 0.1) is 0 Å². The average Bonchev–Trinajstić information content (AvgIpc) is 3.27. The lowest BCUT2D eigenvalue weighted by atomic mass is 10.2. The van der Waals surface area contributed by atoms with Crippen molar-refractivity contribution in [2.75, 3.05) is 20.1 Å². The van der Waals surface area contributed by atoms with Crippen LogP contribution in [-0.2, 0) is 24.3 Å². The van der Waals surface area contributed by atoms with E-state index < -0.39 is 12.1 Å². The van der Waals surface area contributed by atoms with Gasteiger partial charge < -0.3 is 14.6 Å². The van der Waals surface area contributed by atoms with E-state index in [2.05, 4.69) is 35.3 Å². The Morgan fingerprint density at radius 3 is 2.50 bits per heavy atom. The van der Waals surface area contributed by atoms with Crippen molar-refractivity contribution in [2.24, 2.45) is 0 Å². The van der Waals surface area contributed by atoms with Gasteiger partial charge in [-0.1, -0.05) is 0 Å². The van der Waals surface area contributed by atoms with E-state index in [1.165, 1.54) is 5.69 Å². The van der Waals surface area contributed by atoms with Gasteiger partial charge in [-0.15, -0.1) is 0 Å². The number of hydrogen-bond donors (Lipinski definition) is 1. The summed E-state index contributed by atoms with van der Waals surface area (Å²) in [6.45, 7) is 7.60. The first kappa shape index (κ1) is 23.9. The maximum absolute atomic E-state index is 12.5. The molecular formula is C19H25F3N4O3S. The van der Waals surface area contributed by atoms with Crippen LogP contribution >= 0.6 is 11.3 Å². The number of hydrogen-bond acceptors (Lipinski definition) is 5. The number of carboxylic acids is 1. The van der Waals surface area contributed by atoms with Gasteiger partial charge >= 0.3 is 12.1 Å².